The highest BCUT2D eigenvalue weighted by Gasteiger charge is 2.32. The van der Waals surface area contributed by atoms with Gasteiger partial charge in [-0.1, -0.05) is 18.2 Å². The standard InChI is InChI=1S/C21H16F3N3O5/c22-21(23,24)32-16-4-2-1-3-14(16)10-25-19(28)11-27-20(29)8-6-15(26-27)13-5-7-17-18(9-13)31-12-30-17/h1-9H,10-12H2,(H,25,28). The molecule has 8 nitrogen and oxygen atoms in total. The average molecular weight is 447 g/mol. The molecule has 0 saturated carbocycles. The van der Waals surface area contributed by atoms with Crippen LogP contribution in [0.25, 0.3) is 11.3 Å². The largest absolute Gasteiger partial charge is 0.573 e. The lowest BCUT2D eigenvalue weighted by molar-refractivity contribution is -0.274. The number of amides is 1. The maximum atomic E-state index is 12.5. The summed E-state index contributed by atoms with van der Waals surface area (Å²) in [7, 11) is 0. The molecule has 1 aliphatic rings. The van der Waals surface area contributed by atoms with E-state index >= 15 is 0 Å². The monoisotopic (exact) mass is 447 g/mol. The molecule has 1 aliphatic heterocycles. The van der Waals surface area contributed by atoms with Gasteiger partial charge in [0, 0.05) is 23.7 Å². The first-order valence-electron chi connectivity index (χ1n) is 9.37. The van der Waals surface area contributed by atoms with Gasteiger partial charge in [0.25, 0.3) is 5.56 Å². The number of ether oxygens (including phenoxy) is 3. The summed E-state index contributed by atoms with van der Waals surface area (Å²) in [5.41, 5.74) is 0.708. The van der Waals surface area contributed by atoms with E-state index in [4.69, 9.17) is 9.47 Å². The number of carbonyl (C=O) groups excluding carboxylic acids is 1. The van der Waals surface area contributed by atoms with Crippen molar-refractivity contribution in [2.45, 2.75) is 19.5 Å². The Labute approximate surface area is 179 Å². The molecular formula is C21H16F3N3O5. The molecule has 1 N–H and O–H groups in total. The second kappa shape index (κ2) is 8.61. The summed E-state index contributed by atoms with van der Waals surface area (Å²) in [5, 5.41) is 6.67. The van der Waals surface area contributed by atoms with Crippen LogP contribution >= 0.6 is 0 Å². The van der Waals surface area contributed by atoms with Crippen molar-refractivity contribution in [1.82, 2.24) is 15.1 Å². The van der Waals surface area contributed by atoms with Gasteiger partial charge < -0.3 is 19.5 Å². The molecule has 3 aromatic rings. The van der Waals surface area contributed by atoms with Crippen LogP contribution in [0.2, 0.25) is 0 Å². The number of nitrogens with zero attached hydrogens (tertiary/aromatic N) is 2. The molecule has 4 rings (SSSR count). The van der Waals surface area contributed by atoms with E-state index in [1.165, 1.54) is 30.3 Å². The molecule has 0 bridgehead atoms. The zero-order valence-corrected chi connectivity index (χ0v) is 16.4. The van der Waals surface area contributed by atoms with Crippen LogP contribution in [-0.2, 0) is 17.9 Å². The first-order valence-corrected chi connectivity index (χ1v) is 9.37. The number of aromatic nitrogens is 2. The molecule has 0 aliphatic carbocycles. The van der Waals surface area contributed by atoms with E-state index < -0.39 is 30.1 Å². The van der Waals surface area contributed by atoms with E-state index in [0.717, 1.165) is 10.7 Å². The molecular weight excluding hydrogens is 431 g/mol. The van der Waals surface area contributed by atoms with Crippen LogP contribution in [0.3, 0.4) is 0 Å². The van der Waals surface area contributed by atoms with Crippen molar-refractivity contribution in [3.05, 3.63) is 70.5 Å². The van der Waals surface area contributed by atoms with Crippen LogP contribution in [0.5, 0.6) is 17.2 Å². The molecule has 1 amide bonds. The van der Waals surface area contributed by atoms with Gasteiger partial charge in [0.05, 0.1) is 5.69 Å². The Bertz CT molecular complexity index is 1210. The highest BCUT2D eigenvalue weighted by atomic mass is 19.4. The summed E-state index contributed by atoms with van der Waals surface area (Å²) in [5.74, 6) is 0.111. The second-order valence-corrected chi connectivity index (χ2v) is 6.71. The lowest BCUT2D eigenvalue weighted by atomic mass is 10.1. The lowest BCUT2D eigenvalue weighted by Gasteiger charge is -2.14. The van der Waals surface area contributed by atoms with Crippen molar-refractivity contribution in [3.63, 3.8) is 0 Å². The molecule has 0 fully saturated rings. The summed E-state index contributed by atoms with van der Waals surface area (Å²) < 4.78 is 53.1. The van der Waals surface area contributed by atoms with Gasteiger partial charge in [-0.15, -0.1) is 13.2 Å². The Kier molecular flexibility index (Phi) is 5.71. The number of hydrogen-bond acceptors (Lipinski definition) is 6. The number of alkyl halides is 3. The number of hydrogen-bond donors (Lipinski definition) is 1. The molecule has 32 heavy (non-hydrogen) atoms. The van der Waals surface area contributed by atoms with Crippen molar-refractivity contribution in [2.24, 2.45) is 0 Å². The van der Waals surface area contributed by atoms with Gasteiger partial charge in [0.2, 0.25) is 12.7 Å². The zero-order valence-electron chi connectivity index (χ0n) is 16.4. The molecule has 0 unspecified atom stereocenters. The SMILES string of the molecule is O=C(Cn1nc(-c2ccc3c(c2)OCO3)ccc1=O)NCc1ccccc1OC(F)(F)F. The van der Waals surface area contributed by atoms with Crippen LogP contribution < -0.4 is 25.1 Å². The van der Waals surface area contributed by atoms with E-state index in [0.29, 0.717) is 22.8 Å². The molecule has 0 spiro atoms. The fourth-order valence-electron chi connectivity index (χ4n) is 3.03. The predicted octanol–water partition coefficient (Wildman–Crippen LogP) is 2.85. The van der Waals surface area contributed by atoms with Gasteiger partial charge in [-0.2, -0.15) is 5.10 Å². The van der Waals surface area contributed by atoms with Crippen LogP contribution in [0.15, 0.2) is 59.4 Å². The number of para-hydroxylation sites is 1. The minimum Gasteiger partial charge on any atom is -0.454 e. The third-order valence-electron chi connectivity index (χ3n) is 4.50. The van der Waals surface area contributed by atoms with Gasteiger partial charge in [-0.25, -0.2) is 4.68 Å². The van der Waals surface area contributed by atoms with Gasteiger partial charge in [0.1, 0.15) is 12.3 Å². The van der Waals surface area contributed by atoms with Crippen LogP contribution in [0.1, 0.15) is 5.56 Å². The maximum Gasteiger partial charge on any atom is 0.573 e. The highest BCUT2D eigenvalue weighted by Crippen LogP contribution is 2.35. The average Bonchev–Trinajstić information content (AvgIpc) is 3.21. The normalized spacial score (nSPS) is 12.5. The maximum absolute atomic E-state index is 12.5. The number of benzene rings is 2. The number of fused-ring (bicyclic) bond motifs is 1. The summed E-state index contributed by atoms with van der Waals surface area (Å²) >= 11 is 0. The summed E-state index contributed by atoms with van der Waals surface area (Å²) in [4.78, 5) is 24.5. The highest BCUT2D eigenvalue weighted by molar-refractivity contribution is 5.75. The Hall–Kier alpha value is -4.02. The topological polar surface area (TPSA) is 91.7 Å². The van der Waals surface area contributed by atoms with Crippen LogP contribution in [0.4, 0.5) is 13.2 Å². The number of carbonyl (C=O) groups is 1. The predicted molar refractivity (Wildman–Crippen MR) is 105 cm³/mol. The third kappa shape index (κ3) is 4.99. The zero-order chi connectivity index (χ0) is 22.7. The van der Waals surface area contributed by atoms with E-state index in [-0.39, 0.29) is 18.9 Å². The third-order valence-corrected chi connectivity index (χ3v) is 4.50. The molecule has 2 heterocycles. The van der Waals surface area contributed by atoms with Crippen LogP contribution in [-0.4, -0.2) is 28.8 Å². The first kappa shape index (κ1) is 21.2. The Morgan fingerprint density at radius 2 is 1.88 bits per heavy atom. The smallest absolute Gasteiger partial charge is 0.454 e. The van der Waals surface area contributed by atoms with E-state index in [2.05, 4.69) is 15.2 Å². The summed E-state index contributed by atoms with van der Waals surface area (Å²) in [6.45, 7) is -0.524. The summed E-state index contributed by atoms with van der Waals surface area (Å²) in [6.07, 6.45) is -4.85. The van der Waals surface area contributed by atoms with Gasteiger partial charge in [-0.05, 0) is 30.3 Å². The van der Waals surface area contributed by atoms with E-state index in [1.807, 2.05) is 0 Å². The van der Waals surface area contributed by atoms with E-state index in [1.54, 1.807) is 18.2 Å². The second-order valence-electron chi connectivity index (χ2n) is 6.71. The molecule has 2 aromatic carbocycles. The minimum atomic E-state index is -4.85. The van der Waals surface area contributed by atoms with Crippen molar-refractivity contribution in [1.29, 1.82) is 0 Å². The molecule has 0 saturated heterocycles. The molecule has 166 valence electrons. The molecule has 11 heteroatoms. The van der Waals surface area contributed by atoms with Gasteiger partial charge in [0.15, 0.2) is 11.5 Å². The number of rotatable bonds is 6. The van der Waals surface area contributed by atoms with Crippen LogP contribution in [0, 0.1) is 0 Å². The quantitative estimate of drug-likeness (QED) is 0.625. The van der Waals surface area contributed by atoms with Crippen molar-refractivity contribution >= 4 is 5.91 Å². The fourth-order valence-corrected chi connectivity index (χ4v) is 3.03. The first-order chi connectivity index (χ1) is 15.3. The summed E-state index contributed by atoms with van der Waals surface area (Å²) in [6, 6.07) is 13.4. The number of halogens is 3. The van der Waals surface area contributed by atoms with E-state index in [9.17, 15) is 22.8 Å². The van der Waals surface area contributed by atoms with Gasteiger partial charge >= 0.3 is 6.36 Å². The Morgan fingerprint density at radius 1 is 1.09 bits per heavy atom. The Balaban J connectivity index is 1.45. The van der Waals surface area contributed by atoms with Crippen molar-refractivity contribution in [3.8, 4) is 28.5 Å². The molecule has 0 radical (unpaired) electrons. The van der Waals surface area contributed by atoms with Crippen molar-refractivity contribution in [2.75, 3.05) is 6.79 Å². The van der Waals surface area contributed by atoms with Crippen molar-refractivity contribution < 1.29 is 32.2 Å². The number of nitrogens with one attached hydrogen (secondary N) is 1. The molecule has 1 aromatic heterocycles. The lowest BCUT2D eigenvalue weighted by Crippen LogP contribution is -2.33. The fraction of sp³-hybridized carbons (Fsp3) is 0.190. The minimum absolute atomic E-state index is 0.114. The van der Waals surface area contributed by atoms with Gasteiger partial charge in [-0.3, -0.25) is 9.59 Å². The molecule has 0 atom stereocenters. The Morgan fingerprint density at radius 3 is 2.69 bits per heavy atom.